The molecule has 1 aliphatic rings. The van der Waals surface area contributed by atoms with E-state index < -0.39 is 16.6 Å². The van der Waals surface area contributed by atoms with E-state index in [1.165, 1.54) is 4.31 Å². The number of aliphatic hydroxyl groups excluding tert-OH is 1. The molecule has 1 fully saturated rings. The maximum Gasteiger partial charge on any atom is 0.246 e. The second-order valence-electron chi connectivity index (χ2n) is 4.84. The number of aliphatic hydroxyl groups is 1. The van der Waals surface area contributed by atoms with Crippen LogP contribution in [0.25, 0.3) is 0 Å². The van der Waals surface area contributed by atoms with Gasteiger partial charge in [0.15, 0.2) is 0 Å². The molecule has 0 saturated carbocycles. The lowest BCUT2D eigenvalue weighted by Gasteiger charge is -2.31. The SMILES string of the molecule is CCOC1CCN(S(=O)(=O)c2c(CO)n[nH]c2C)CC1. The Kier molecular flexibility index (Phi) is 4.79. The molecule has 2 N–H and O–H groups in total. The molecule has 0 unspecified atom stereocenters. The monoisotopic (exact) mass is 303 g/mol. The van der Waals surface area contributed by atoms with Crippen LogP contribution in [-0.2, 0) is 21.4 Å². The smallest absolute Gasteiger partial charge is 0.246 e. The summed E-state index contributed by atoms with van der Waals surface area (Å²) in [5.41, 5.74) is 0.635. The summed E-state index contributed by atoms with van der Waals surface area (Å²) in [6.45, 7) is 4.70. The number of aryl methyl sites for hydroxylation is 1. The molecule has 1 aromatic rings. The zero-order valence-electron chi connectivity index (χ0n) is 11.8. The molecule has 2 rings (SSSR count). The van der Waals surface area contributed by atoms with Crippen molar-refractivity contribution in [1.29, 1.82) is 0 Å². The minimum absolute atomic E-state index is 0.106. The van der Waals surface area contributed by atoms with Crippen molar-refractivity contribution < 1.29 is 18.3 Å². The van der Waals surface area contributed by atoms with Crippen LogP contribution < -0.4 is 0 Å². The van der Waals surface area contributed by atoms with Crippen LogP contribution >= 0.6 is 0 Å². The number of sulfonamides is 1. The molecular formula is C12H21N3O4S. The van der Waals surface area contributed by atoms with Crippen LogP contribution in [0, 0.1) is 6.92 Å². The second-order valence-corrected chi connectivity index (χ2v) is 6.72. The van der Waals surface area contributed by atoms with Crippen LogP contribution in [0.2, 0.25) is 0 Å². The first kappa shape index (κ1) is 15.4. The summed E-state index contributed by atoms with van der Waals surface area (Å²) in [6, 6.07) is 0. The van der Waals surface area contributed by atoms with E-state index in [2.05, 4.69) is 10.2 Å². The number of piperidine rings is 1. The van der Waals surface area contributed by atoms with E-state index in [-0.39, 0.29) is 16.7 Å². The highest BCUT2D eigenvalue weighted by atomic mass is 32.2. The highest BCUT2D eigenvalue weighted by Crippen LogP contribution is 2.25. The summed E-state index contributed by atoms with van der Waals surface area (Å²) >= 11 is 0. The molecule has 0 radical (unpaired) electrons. The molecule has 0 spiro atoms. The summed E-state index contributed by atoms with van der Waals surface area (Å²) in [5.74, 6) is 0. The molecule has 2 heterocycles. The van der Waals surface area contributed by atoms with Gasteiger partial charge in [-0.1, -0.05) is 0 Å². The van der Waals surface area contributed by atoms with Gasteiger partial charge in [-0.15, -0.1) is 0 Å². The quantitative estimate of drug-likeness (QED) is 0.821. The molecule has 1 saturated heterocycles. The molecule has 1 aliphatic heterocycles. The van der Waals surface area contributed by atoms with Crippen molar-refractivity contribution in [2.24, 2.45) is 0 Å². The van der Waals surface area contributed by atoms with E-state index in [1.54, 1.807) is 6.92 Å². The largest absolute Gasteiger partial charge is 0.390 e. The lowest BCUT2D eigenvalue weighted by Crippen LogP contribution is -2.41. The molecule has 114 valence electrons. The molecule has 0 amide bonds. The van der Waals surface area contributed by atoms with Gasteiger partial charge >= 0.3 is 0 Å². The molecule has 20 heavy (non-hydrogen) atoms. The Morgan fingerprint density at radius 1 is 1.45 bits per heavy atom. The van der Waals surface area contributed by atoms with Gasteiger partial charge in [-0.25, -0.2) is 8.42 Å². The summed E-state index contributed by atoms with van der Waals surface area (Å²) in [4.78, 5) is 0.106. The number of H-pyrrole nitrogens is 1. The third-order valence-corrected chi connectivity index (χ3v) is 5.61. The average Bonchev–Trinajstić information content (AvgIpc) is 2.81. The number of aromatic nitrogens is 2. The normalized spacial score (nSPS) is 18.6. The Morgan fingerprint density at radius 3 is 2.65 bits per heavy atom. The molecule has 7 nitrogen and oxygen atoms in total. The van der Waals surface area contributed by atoms with Crippen molar-refractivity contribution in [3.63, 3.8) is 0 Å². The summed E-state index contributed by atoms with van der Waals surface area (Å²) < 4.78 is 32.2. The van der Waals surface area contributed by atoms with Gasteiger partial charge in [0.2, 0.25) is 10.0 Å². The number of rotatable bonds is 5. The minimum atomic E-state index is -3.61. The minimum Gasteiger partial charge on any atom is -0.390 e. The maximum atomic E-state index is 12.6. The van der Waals surface area contributed by atoms with Crippen LogP contribution in [0.15, 0.2) is 4.90 Å². The van der Waals surface area contributed by atoms with Crippen molar-refractivity contribution in [1.82, 2.24) is 14.5 Å². The van der Waals surface area contributed by atoms with Gasteiger partial charge in [-0.05, 0) is 26.7 Å². The van der Waals surface area contributed by atoms with Crippen LogP contribution in [-0.4, -0.2) is 53.8 Å². The van der Waals surface area contributed by atoms with E-state index in [1.807, 2.05) is 6.92 Å². The van der Waals surface area contributed by atoms with Gasteiger partial charge in [0.05, 0.1) is 18.4 Å². The van der Waals surface area contributed by atoms with Crippen molar-refractivity contribution in [3.8, 4) is 0 Å². The Morgan fingerprint density at radius 2 is 2.10 bits per heavy atom. The molecule has 0 bridgehead atoms. The molecule has 0 atom stereocenters. The summed E-state index contributed by atoms with van der Waals surface area (Å²) in [6.07, 6.45) is 1.52. The first-order valence-corrected chi connectivity index (χ1v) is 8.21. The van der Waals surface area contributed by atoms with E-state index in [0.29, 0.717) is 38.2 Å². The third kappa shape index (κ3) is 2.88. The van der Waals surface area contributed by atoms with Crippen LogP contribution in [0.5, 0.6) is 0 Å². The highest BCUT2D eigenvalue weighted by Gasteiger charge is 2.33. The van der Waals surface area contributed by atoms with Crippen molar-refractivity contribution >= 4 is 10.0 Å². The molecule has 8 heteroatoms. The molecule has 0 aromatic carbocycles. The fraction of sp³-hybridized carbons (Fsp3) is 0.750. The predicted octanol–water partition coefficient (Wildman–Crippen LogP) is 0.400. The van der Waals surface area contributed by atoms with E-state index in [0.717, 1.165) is 0 Å². The van der Waals surface area contributed by atoms with Crippen molar-refractivity contribution in [2.75, 3.05) is 19.7 Å². The first-order valence-electron chi connectivity index (χ1n) is 6.77. The van der Waals surface area contributed by atoms with Gasteiger partial charge < -0.3 is 9.84 Å². The number of nitrogens with one attached hydrogen (secondary N) is 1. The van der Waals surface area contributed by atoms with Gasteiger partial charge in [-0.2, -0.15) is 9.40 Å². The van der Waals surface area contributed by atoms with E-state index >= 15 is 0 Å². The van der Waals surface area contributed by atoms with Gasteiger partial charge in [0.1, 0.15) is 10.6 Å². The van der Waals surface area contributed by atoms with Crippen molar-refractivity contribution in [3.05, 3.63) is 11.4 Å². The standard InChI is InChI=1S/C12H21N3O4S/c1-3-19-10-4-6-15(7-5-10)20(17,18)12-9(2)13-14-11(12)8-16/h10,16H,3-8H2,1-2H3,(H,13,14). The topological polar surface area (TPSA) is 95.5 Å². The van der Waals surface area contributed by atoms with Crippen LogP contribution in [0.1, 0.15) is 31.2 Å². The lowest BCUT2D eigenvalue weighted by molar-refractivity contribution is 0.0290. The average molecular weight is 303 g/mol. The Hall–Kier alpha value is -0.960. The molecule has 1 aromatic heterocycles. The molecule has 0 aliphatic carbocycles. The molecular weight excluding hydrogens is 282 g/mol. The summed E-state index contributed by atoms with van der Waals surface area (Å²) in [5, 5.41) is 15.7. The van der Waals surface area contributed by atoms with Crippen molar-refractivity contribution in [2.45, 2.75) is 44.3 Å². The Labute approximate surface area is 119 Å². The van der Waals surface area contributed by atoms with Crippen LogP contribution in [0.4, 0.5) is 0 Å². The fourth-order valence-corrected chi connectivity index (χ4v) is 4.31. The number of ether oxygens (including phenoxy) is 1. The number of hydrogen-bond donors (Lipinski definition) is 2. The second kappa shape index (κ2) is 6.21. The van der Waals surface area contributed by atoms with Gasteiger partial charge in [0.25, 0.3) is 0 Å². The first-order chi connectivity index (χ1) is 9.50. The van der Waals surface area contributed by atoms with Gasteiger partial charge in [-0.3, -0.25) is 5.10 Å². The fourth-order valence-electron chi connectivity index (χ4n) is 2.52. The lowest BCUT2D eigenvalue weighted by atomic mass is 10.1. The maximum absolute atomic E-state index is 12.6. The van der Waals surface area contributed by atoms with E-state index in [4.69, 9.17) is 4.74 Å². The number of hydrogen-bond acceptors (Lipinski definition) is 5. The third-order valence-electron chi connectivity index (χ3n) is 3.51. The summed E-state index contributed by atoms with van der Waals surface area (Å²) in [7, 11) is -3.61. The Balaban J connectivity index is 2.18. The zero-order valence-corrected chi connectivity index (χ0v) is 12.6. The van der Waals surface area contributed by atoms with Crippen LogP contribution in [0.3, 0.4) is 0 Å². The zero-order chi connectivity index (χ0) is 14.8. The predicted molar refractivity (Wildman–Crippen MR) is 72.7 cm³/mol. The number of nitrogens with zero attached hydrogens (tertiary/aromatic N) is 2. The van der Waals surface area contributed by atoms with E-state index in [9.17, 15) is 13.5 Å². The van der Waals surface area contributed by atoms with Gasteiger partial charge in [0, 0.05) is 19.7 Å². The number of aromatic amines is 1. The Bertz CT molecular complexity index is 547. The highest BCUT2D eigenvalue weighted by molar-refractivity contribution is 7.89.